The second kappa shape index (κ2) is 14.6. The molecule has 7 heteroatoms. The van der Waals surface area contributed by atoms with E-state index in [9.17, 15) is 0 Å². The third kappa shape index (κ3) is 6.26. The average molecular weight is 959 g/mol. The van der Waals surface area contributed by atoms with Crippen LogP contribution in [0.3, 0.4) is 0 Å². The van der Waals surface area contributed by atoms with Crippen LogP contribution in [-0.4, -0.2) is 9.55 Å². The molecule has 1 aliphatic rings. The third-order valence-electron chi connectivity index (χ3n) is 11.4. The molecule has 296 valence electrons. The van der Waals surface area contributed by atoms with Gasteiger partial charge in [0, 0.05) is 77.7 Å². The molecule has 6 nitrogen and oxygen atoms in total. The van der Waals surface area contributed by atoms with Gasteiger partial charge >= 0.3 is 0 Å². The monoisotopic (exact) mass is 958 g/mol. The molecule has 0 fully saturated rings. The van der Waals surface area contributed by atoms with E-state index in [2.05, 4.69) is 182 Å². The fourth-order valence-corrected chi connectivity index (χ4v) is 8.47. The summed E-state index contributed by atoms with van der Waals surface area (Å²) in [4.78, 5) is 9.47. The number of aromatic nitrogens is 2. The molecule has 0 amide bonds. The minimum absolute atomic E-state index is 0. The van der Waals surface area contributed by atoms with E-state index in [-0.39, 0.29) is 26.5 Å². The molecule has 0 radical (unpaired) electrons. The number of furan rings is 1. The first-order chi connectivity index (χ1) is 28.8. The molecule has 60 heavy (non-hydrogen) atoms. The van der Waals surface area contributed by atoms with Crippen LogP contribution in [0.4, 0.5) is 22.7 Å². The summed E-state index contributed by atoms with van der Waals surface area (Å²) in [6.07, 6.45) is 1.97. The number of ether oxygens (including phenoxy) is 1. The van der Waals surface area contributed by atoms with Crippen molar-refractivity contribution in [2.24, 2.45) is 0 Å². The zero-order valence-corrected chi connectivity index (χ0v) is 35.8. The first-order valence-electron chi connectivity index (χ1n) is 19.9. The molecule has 0 bridgehead atoms. The zero-order valence-electron chi connectivity index (χ0n) is 33.5. The van der Waals surface area contributed by atoms with Gasteiger partial charge in [0.1, 0.15) is 17.0 Å². The Balaban J connectivity index is 0.00000433. The van der Waals surface area contributed by atoms with Crippen molar-refractivity contribution in [3.63, 3.8) is 0 Å². The van der Waals surface area contributed by atoms with Crippen molar-refractivity contribution < 1.29 is 30.2 Å². The summed E-state index contributed by atoms with van der Waals surface area (Å²) in [5.74, 6) is 2.04. The summed E-state index contributed by atoms with van der Waals surface area (Å²) in [6, 6.07) is 59.7. The van der Waals surface area contributed by atoms with Crippen LogP contribution < -0.4 is 14.5 Å². The van der Waals surface area contributed by atoms with E-state index < -0.39 is 0 Å². The van der Waals surface area contributed by atoms with Crippen LogP contribution in [0.25, 0.3) is 60.7 Å². The van der Waals surface area contributed by atoms with E-state index >= 15 is 0 Å². The number of pyridine rings is 1. The quantitative estimate of drug-likeness (QED) is 0.155. The molecule has 7 aromatic carbocycles. The molecule has 11 rings (SSSR count). The number of benzene rings is 7. The van der Waals surface area contributed by atoms with Gasteiger partial charge in [0.2, 0.25) is 0 Å². The minimum Gasteiger partial charge on any atom is -0.509 e. The van der Waals surface area contributed by atoms with Gasteiger partial charge in [-0.15, -0.1) is 53.6 Å². The van der Waals surface area contributed by atoms with Crippen molar-refractivity contribution in [2.75, 3.05) is 9.80 Å². The van der Waals surface area contributed by atoms with Gasteiger partial charge in [0.25, 0.3) is 0 Å². The molecule has 1 aliphatic heterocycles. The Labute approximate surface area is 363 Å². The Morgan fingerprint density at radius 2 is 1.33 bits per heavy atom. The van der Waals surface area contributed by atoms with E-state index in [1.165, 1.54) is 0 Å². The van der Waals surface area contributed by atoms with E-state index in [0.29, 0.717) is 11.5 Å². The van der Waals surface area contributed by atoms with Crippen molar-refractivity contribution in [3.05, 3.63) is 188 Å². The number of rotatable bonds is 6. The van der Waals surface area contributed by atoms with Gasteiger partial charge < -0.3 is 23.5 Å². The molecule has 0 spiro atoms. The van der Waals surface area contributed by atoms with Crippen LogP contribution in [0.2, 0.25) is 0 Å². The zero-order chi connectivity index (χ0) is 39.8. The molecule has 0 N–H and O–H groups in total. The molecule has 4 heterocycles. The van der Waals surface area contributed by atoms with Gasteiger partial charge in [-0.3, -0.25) is 0 Å². The summed E-state index contributed by atoms with van der Waals surface area (Å²) in [5.41, 5.74) is 12.1. The topological polar surface area (TPSA) is 46.7 Å². The van der Waals surface area contributed by atoms with Crippen LogP contribution in [0.1, 0.15) is 31.9 Å². The second-order valence-electron chi connectivity index (χ2n) is 16.2. The normalized spacial score (nSPS) is 12.7. The smallest absolute Gasteiger partial charge is 0.137 e. The maximum absolute atomic E-state index is 6.79. The number of hydrogen-bond donors (Lipinski definition) is 0. The molecule has 3 aromatic heterocycles. The number of anilines is 4. The minimum atomic E-state index is -0.169. The van der Waals surface area contributed by atoms with Crippen LogP contribution in [0, 0.1) is 25.7 Å². The Kier molecular flexibility index (Phi) is 9.15. The van der Waals surface area contributed by atoms with Crippen molar-refractivity contribution in [2.45, 2.75) is 33.1 Å². The largest absolute Gasteiger partial charge is 0.509 e. The maximum atomic E-state index is 6.79. The van der Waals surface area contributed by atoms with Gasteiger partial charge in [-0.05, 0) is 71.3 Å². The van der Waals surface area contributed by atoms with E-state index in [4.69, 9.17) is 14.1 Å². The van der Waals surface area contributed by atoms with E-state index in [1.807, 2.05) is 36.5 Å². The average Bonchev–Trinajstić information content (AvgIpc) is 3.93. The number of nitrogens with zero attached hydrogens (tertiary/aromatic N) is 4. The van der Waals surface area contributed by atoms with E-state index in [1.54, 1.807) is 0 Å². The van der Waals surface area contributed by atoms with Gasteiger partial charge in [0.05, 0.1) is 0 Å². The Hall–Kier alpha value is -6.62. The first-order valence-corrected chi connectivity index (χ1v) is 19.9. The predicted octanol–water partition coefficient (Wildman–Crippen LogP) is 14.2. The van der Waals surface area contributed by atoms with Gasteiger partial charge in [-0.2, -0.15) is 6.07 Å². The molecular weight excluding hydrogens is 920 g/mol. The molecule has 0 aliphatic carbocycles. The number of fused-ring (bicyclic) bond motifs is 7. The van der Waals surface area contributed by atoms with Crippen molar-refractivity contribution in [1.82, 2.24) is 9.55 Å². The number of aryl methyl sites for hydroxylation is 1. The van der Waals surface area contributed by atoms with Gasteiger partial charge in [-0.1, -0.05) is 111 Å². The summed E-state index contributed by atoms with van der Waals surface area (Å²) >= 11 is 0. The number of para-hydroxylation sites is 4. The summed E-state index contributed by atoms with van der Waals surface area (Å²) < 4.78 is 15.3. The van der Waals surface area contributed by atoms with Crippen LogP contribution in [0.5, 0.6) is 11.5 Å². The Morgan fingerprint density at radius 1 is 0.633 bits per heavy atom. The summed E-state index contributed by atoms with van der Waals surface area (Å²) in [6.45, 7) is 11.0. The first kappa shape index (κ1) is 37.6. The SMILES string of the molecule is Cc1cc(-n2c3[c-]c(Oc4[c-]c(N5[CH-]N(c6cccc7oc8ccccc8c67)c6ccccc65)cc(C(C)(C)C)c4)ccc3c3ccccc32)ncc1-c1ccccc1.[Pt]. The van der Waals surface area contributed by atoms with Crippen LogP contribution in [0.15, 0.2) is 162 Å². The Bertz CT molecular complexity index is 3250. The fourth-order valence-electron chi connectivity index (χ4n) is 8.47. The van der Waals surface area contributed by atoms with Crippen LogP contribution >= 0.6 is 0 Å². The van der Waals surface area contributed by atoms with E-state index in [0.717, 1.165) is 94.6 Å². The van der Waals surface area contributed by atoms with Gasteiger partial charge in [-0.25, -0.2) is 4.98 Å². The fraction of sp³-hybridized carbons (Fsp3) is 0.0943. The predicted molar refractivity (Wildman–Crippen MR) is 240 cm³/mol. The standard InChI is InChI=1S/C53H39N4O2.Pt/c1-34-27-51(54-32-43(34)35-15-6-5-7-16-35)57-44-19-10-8-17-40(44)41-26-25-38(31-48(41)57)58-39-29-36(53(2,3)4)28-37(30-39)55-33-56(46-21-12-11-20-45(46)55)47-22-14-24-50-52(47)42-18-9-13-23-49(42)59-50;/h5-29,32-33H,1-4H3;/q-3;. The molecule has 10 aromatic rings. The molecule has 0 saturated heterocycles. The van der Waals surface area contributed by atoms with Gasteiger partial charge in [0.15, 0.2) is 0 Å². The molecular formula is C53H39N4O2Pt-3. The molecule has 0 unspecified atom stereocenters. The van der Waals surface area contributed by atoms with Crippen molar-refractivity contribution in [1.29, 1.82) is 0 Å². The Morgan fingerprint density at radius 3 is 2.13 bits per heavy atom. The summed E-state index contributed by atoms with van der Waals surface area (Å²) in [5, 5.41) is 4.37. The number of hydrogen-bond acceptors (Lipinski definition) is 5. The summed E-state index contributed by atoms with van der Waals surface area (Å²) in [7, 11) is 0. The maximum Gasteiger partial charge on any atom is 0.137 e. The molecule has 0 saturated carbocycles. The van der Waals surface area contributed by atoms with Crippen LogP contribution in [-0.2, 0) is 26.5 Å². The van der Waals surface area contributed by atoms with Crippen molar-refractivity contribution in [3.8, 4) is 28.4 Å². The second-order valence-corrected chi connectivity index (χ2v) is 16.2. The van der Waals surface area contributed by atoms with Crippen molar-refractivity contribution >= 4 is 66.5 Å². The molecule has 0 atom stereocenters. The third-order valence-corrected chi connectivity index (χ3v) is 11.4.